The van der Waals surface area contributed by atoms with E-state index < -0.39 is 0 Å². The van der Waals surface area contributed by atoms with Gasteiger partial charge in [0.1, 0.15) is 0 Å². The number of likely N-dealkylation sites (tertiary alicyclic amines) is 1. The summed E-state index contributed by atoms with van der Waals surface area (Å²) in [6.45, 7) is 10.7. The third-order valence-corrected chi connectivity index (χ3v) is 9.77. The first-order valence-electron chi connectivity index (χ1n) is 21.1. The zero-order valence-electron chi connectivity index (χ0n) is 31.6. The number of hydrogen-bond donors (Lipinski definition) is 0. The molecule has 1 unspecified atom stereocenters. The molecule has 272 valence electrons. The Labute approximate surface area is 290 Å². The molecule has 0 amide bonds. The van der Waals surface area contributed by atoms with Crippen LogP contribution in [-0.2, 0) is 9.47 Å². The highest BCUT2D eigenvalue weighted by molar-refractivity contribution is 4.82. The highest BCUT2D eigenvalue weighted by Crippen LogP contribution is 2.14. The van der Waals surface area contributed by atoms with Crippen LogP contribution >= 0.6 is 0 Å². The molecule has 0 bridgehead atoms. The Morgan fingerprint density at radius 3 is 1.26 bits per heavy atom. The average molecular weight is 646 g/mol. The maximum Gasteiger partial charge on any atom is 0.0934 e. The molecule has 1 heterocycles. The van der Waals surface area contributed by atoms with Crippen LogP contribution in [0.2, 0.25) is 0 Å². The molecular formula is C43H83NO2. The van der Waals surface area contributed by atoms with Gasteiger partial charge in [-0.1, -0.05) is 154 Å². The van der Waals surface area contributed by atoms with Gasteiger partial charge in [-0.2, -0.15) is 0 Å². The summed E-state index contributed by atoms with van der Waals surface area (Å²) in [7, 11) is 0. The molecule has 0 aromatic rings. The predicted molar refractivity (Wildman–Crippen MR) is 205 cm³/mol. The Morgan fingerprint density at radius 2 is 0.826 bits per heavy atom. The van der Waals surface area contributed by atoms with Crippen LogP contribution < -0.4 is 0 Å². The second-order valence-corrected chi connectivity index (χ2v) is 14.5. The topological polar surface area (TPSA) is 21.7 Å². The summed E-state index contributed by atoms with van der Waals surface area (Å²) < 4.78 is 12.5. The summed E-state index contributed by atoms with van der Waals surface area (Å²) in [5.74, 6) is 0. The van der Waals surface area contributed by atoms with Gasteiger partial charge in [-0.3, -0.25) is 0 Å². The van der Waals surface area contributed by atoms with Crippen molar-refractivity contribution in [2.45, 2.75) is 213 Å². The quantitative estimate of drug-likeness (QED) is 0.0495. The van der Waals surface area contributed by atoms with Crippen molar-refractivity contribution < 1.29 is 9.47 Å². The van der Waals surface area contributed by atoms with E-state index in [1.807, 2.05) is 0 Å². The zero-order chi connectivity index (χ0) is 32.9. The third-order valence-electron chi connectivity index (χ3n) is 9.77. The molecule has 1 atom stereocenters. The van der Waals surface area contributed by atoms with Crippen molar-refractivity contribution in [3.63, 3.8) is 0 Å². The van der Waals surface area contributed by atoms with Gasteiger partial charge >= 0.3 is 0 Å². The lowest BCUT2D eigenvalue weighted by molar-refractivity contribution is -0.0316. The summed E-state index contributed by atoms with van der Waals surface area (Å²) >= 11 is 0. The number of hydrogen-bond acceptors (Lipinski definition) is 3. The van der Waals surface area contributed by atoms with Crippen LogP contribution in [0.5, 0.6) is 0 Å². The Bertz CT molecular complexity index is 626. The first kappa shape index (κ1) is 43.4. The third kappa shape index (κ3) is 31.9. The highest BCUT2D eigenvalue weighted by atomic mass is 16.5. The molecule has 0 aromatic carbocycles. The Kier molecular flexibility index (Phi) is 35.1. The van der Waals surface area contributed by atoms with E-state index in [-0.39, 0.29) is 6.10 Å². The molecule has 1 aliphatic heterocycles. The van der Waals surface area contributed by atoms with E-state index in [1.165, 1.54) is 206 Å². The molecule has 1 aliphatic rings. The van der Waals surface area contributed by atoms with Crippen molar-refractivity contribution >= 4 is 0 Å². The normalized spacial score (nSPS) is 14.8. The fraction of sp³-hybridized carbons (Fsp3) is 0.907. The van der Waals surface area contributed by atoms with Crippen LogP contribution in [-0.4, -0.2) is 50.5 Å². The predicted octanol–water partition coefficient (Wildman–Crippen LogP) is 13.6. The van der Waals surface area contributed by atoms with Crippen LogP contribution in [0.4, 0.5) is 0 Å². The lowest BCUT2D eigenvalue weighted by atomic mass is 10.1. The van der Waals surface area contributed by atoms with Gasteiger partial charge < -0.3 is 14.4 Å². The Balaban J connectivity index is 1.94. The first-order valence-corrected chi connectivity index (χ1v) is 21.1. The summed E-state index contributed by atoms with van der Waals surface area (Å²) in [5.41, 5.74) is 0. The number of ether oxygens (including phenoxy) is 2. The van der Waals surface area contributed by atoms with Gasteiger partial charge in [0.2, 0.25) is 0 Å². The smallest absolute Gasteiger partial charge is 0.0934 e. The molecule has 3 heteroatoms. The molecule has 46 heavy (non-hydrogen) atoms. The van der Waals surface area contributed by atoms with Crippen LogP contribution in [0.1, 0.15) is 206 Å². The highest BCUT2D eigenvalue weighted by Gasteiger charge is 2.18. The van der Waals surface area contributed by atoms with E-state index in [4.69, 9.17) is 9.47 Å². The van der Waals surface area contributed by atoms with Crippen molar-refractivity contribution in [3.8, 4) is 0 Å². The molecule has 0 aliphatic carbocycles. The molecule has 0 spiro atoms. The summed E-state index contributed by atoms with van der Waals surface area (Å²) in [6.07, 6.45) is 50.5. The number of nitrogens with zero attached hydrogens (tertiary/aromatic N) is 1. The largest absolute Gasteiger partial charge is 0.379 e. The van der Waals surface area contributed by atoms with Gasteiger partial charge in [0, 0.05) is 19.8 Å². The maximum atomic E-state index is 6.38. The van der Waals surface area contributed by atoms with Gasteiger partial charge in [-0.05, 0) is 90.1 Å². The van der Waals surface area contributed by atoms with Crippen molar-refractivity contribution in [2.24, 2.45) is 0 Å². The van der Waals surface area contributed by atoms with Crippen molar-refractivity contribution in [3.05, 3.63) is 24.3 Å². The van der Waals surface area contributed by atoms with Crippen LogP contribution in [0.15, 0.2) is 24.3 Å². The minimum absolute atomic E-state index is 0.246. The average Bonchev–Trinajstić information content (AvgIpc) is 3.58. The van der Waals surface area contributed by atoms with E-state index in [0.29, 0.717) is 0 Å². The molecule has 0 aromatic heterocycles. The molecule has 0 radical (unpaired) electrons. The van der Waals surface area contributed by atoms with Crippen molar-refractivity contribution in [2.75, 3.05) is 39.5 Å². The van der Waals surface area contributed by atoms with Crippen LogP contribution in [0.3, 0.4) is 0 Å². The van der Waals surface area contributed by atoms with E-state index >= 15 is 0 Å². The van der Waals surface area contributed by atoms with E-state index in [9.17, 15) is 0 Å². The Hall–Kier alpha value is -0.640. The second kappa shape index (κ2) is 37.2. The lowest BCUT2D eigenvalue weighted by Gasteiger charge is -2.24. The summed E-state index contributed by atoms with van der Waals surface area (Å²) in [4.78, 5) is 2.58. The Morgan fingerprint density at radius 1 is 0.457 bits per heavy atom. The lowest BCUT2D eigenvalue weighted by Crippen LogP contribution is -2.35. The monoisotopic (exact) mass is 646 g/mol. The van der Waals surface area contributed by atoms with E-state index in [2.05, 4.69) is 43.1 Å². The van der Waals surface area contributed by atoms with Crippen LogP contribution in [0.25, 0.3) is 0 Å². The fourth-order valence-corrected chi connectivity index (χ4v) is 6.67. The van der Waals surface area contributed by atoms with E-state index in [0.717, 1.165) is 26.4 Å². The minimum Gasteiger partial charge on any atom is -0.379 e. The van der Waals surface area contributed by atoms with Crippen LogP contribution in [0, 0.1) is 0 Å². The molecule has 0 N–H and O–H groups in total. The van der Waals surface area contributed by atoms with Gasteiger partial charge in [-0.15, -0.1) is 0 Å². The zero-order valence-corrected chi connectivity index (χ0v) is 31.6. The van der Waals surface area contributed by atoms with Crippen molar-refractivity contribution in [1.29, 1.82) is 0 Å². The van der Waals surface area contributed by atoms with Gasteiger partial charge in [-0.25, -0.2) is 0 Å². The first-order chi connectivity index (χ1) is 22.9. The van der Waals surface area contributed by atoms with Gasteiger partial charge in [0.15, 0.2) is 0 Å². The second-order valence-electron chi connectivity index (χ2n) is 14.5. The fourth-order valence-electron chi connectivity index (χ4n) is 6.67. The number of rotatable bonds is 37. The summed E-state index contributed by atoms with van der Waals surface area (Å²) in [5, 5.41) is 0. The van der Waals surface area contributed by atoms with Crippen molar-refractivity contribution in [1.82, 2.24) is 4.90 Å². The standard InChI is InChI=1S/C43H83NO2/c1-3-5-7-9-11-13-15-17-19-21-23-25-27-29-31-35-39-45-42-43(41-44-37-33-34-38-44)46-40-36-32-30-28-26-24-22-20-18-16-14-12-10-8-6-4-2/h17-20,43H,3-16,21-42H2,1-2H3. The van der Waals surface area contributed by atoms with E-state index in [1.54, 1.807) is 0 Å². The molecule has 0 saturated carbocycles. The number of unbranched alkanes of at least 4 members (excludes halogenated alkanes) is 24. The molecular weight excluding hydrogens is 562 g/mol. The molecule has 1 fully saturated rings. The van der Waals surface area contributed by atoms with Gasteiger partial charge in [0.05, 0.1) is 12.7 Å². The number of allylic oxidation sites excluding steroid dienone is 4. The molecule has 1 saturated heterocycles. The summed E-state index contributed by atoms with van der Waals surface area (Å²) in [6, 6.07) is 0. The van der Waals surface area contributed by atoms with Gasteiger partial charge in [0.25, 0.3) is 0 Å². The SMILES string of the molecule is CCCCCCCCC=CCCCCCCCCOCC(CN1CCCC1)OCCCCCCCCC=CCCCCCCCC. The molecule has 1 rings (SSSR count). The maximum absolute atomic E-state index is 6.38. The minimum atomic E-state index is 0.246. The molecule has 3 nitrogen and oxygen atoms in total.